The van der Waals surface area contributed by atoms with E-state index in [2.05, 4.69) is 25.4 Å². The van der Waals surface area contributed by atoms with Gasteiger partial charge in [-0.25, -0.2) is 17.9 Å². The maximum atomic E-state index is 13.1. The molecule has 0 radical (unpaired) electrons. The molecule has 2 unspecified atom stereocenters. The fourth-order valence-corrected chi connectivity index (χ4v) is 8.55. The van der Waals surface area contributed by atoms with Crippen molar-refractivity contribution in [2.45, 2.75) is 62.0 Å². The number of sulfonamides is 1. The van der Waals surface area contributed by atoms with Crippen LogP contribution in [0.4, 0.5) is 0 Å². The monoisotopic (exact) mass is 569 g/mol. The summed E-state index contributed by atoms with van der Waals surface area (Å²) in [4.78, 5) is 42.8. The van der Waals surface area contributed by atoms with Crippen LogP contribution in [0, 0.1) is 11.8 Å². The van der Waals surface area contributed by atoms with E-state index in [0.717, 1.165) is 17.5 Å². The molecule has 0 aliphatic carbocycles. The summed E-state index contributed by atoms with van der Waals surface area (Å²) in [6, 6.07) is -1.63. The number of carboxylic acid groups (broad SMARTS) is 1. The van der Waals surface area contributed by atoms with Gasteiger partial charge in [-0.15, -0.1) is 26.8 Å². The lowest BCUT2D eigenvalue weighted by molar-refractivity contribution is -0.157. The van der Waals surface area contributed by atoms with Crippen molar-refractivity contribution in [3.63, 3.8) is 0 Å². The van der Waals surface area contributed by atoms with Crippen molar-refractivity contribution in [3.05, 3.63) is 16.9 Å². The minimum absolute atomic E-state index is 0.00532. The second kappa shape index (κ2) is 10.2. The first-order valence-electron chi connectivity index (χ1n) is 12.4. The quantitative estimate of drug-likeness (QED) is 0.232. The molecule has 3 fully saturated rings. The second-order valence-electron chi connectivity index (χ2n) is 10.3. The van der Waals surface area contributed by atoms with Crippen molar-refractivity contribution in [1.82, 2.24) is 40.0 Å². The molecule has 15 nitrogen and oxygen atoms in total. The molecule has 5 heterocycles. The Balaban J connectivity index is 1.25. The van der Waals surface area contributed by atoms with Crippen LogP contribution >= 0.6 is 11.8 Å². The fraction of sp³-hybridized carbons (Fsp3) is 0.714. The first kappa shape index (κ1) is 27.0. The van der Waals surface area contributed by atoms with Crippen molar-refractivity contribution >= 4 is 39.6 Å². The first-order chi connectivity index (χ1) is 18.0. The third kappa shape index (κ3) is 4.92. The van der Waals surface area contributed by atoms with E-state index in [1.807, 2.05) is 6.92 Å². The molecule has 4 aliphatic rings. The van der Waals surface area contributed by atoms with Crippen LogP contribution in [-0.2, 0) is 30.3 Å². The average molecular weight is 570 g/mol. The Kier molecular flexibility index (Phi) is 7.23. The third-order valence-electron chi connectivity index (χ3n) is 7.59. The molecule has 4 aliphatic heterocycles. The zero-order chi connectivity index (χ0) is 27.4. The van der Waals surface area contributed by atoms with Crippen molar-refractivity contribution in [1.29, 1.82) is 0 Å². The molecule has 2 amide bonds. The maximum absolute atomic E-state index is 13.1. The number of nitrogens with zero attached hydrogens (tertiary/aromatic N) is 6. The summed E-state index contributed by atoms with van der Waals surface area (Å²) in [5.74, 6) is -3.24. The van der Waals surface area contributed by atoms with Crippen LogP contribution in [0.2, 0.25) is 0 Å². The number of carboxylic acids is 1. The van der Waals surface area contributed by atoms with E-state index in [4.69, 9.17) is 5.73 Å². The number of nitrogens with two attached hydrogens (primary N) is 1. The lowest BCUT2D eigenvalue weighted by Gasteiger charge is -2.47. The molecule has 208 valence electrons. The van der Waals surface area contributed by atoms with Crippen LogP contribution in [0.25, 0.3) is 0 Å². The van der Waals surface area contributed by atoms with E-state index < -0.39 is 45.8 Å². The van der Waals surface area contributed by atoms with Gasteiger partial charge in [0.15, 0.2) is 12.2 Å². The van der Waals surface area contributed by atoms with E-state index >= 15 is 0 Å². The molecular weight excluding hydrogens is 538 g/mol. The molecular formula is C21H31N9O6S2. The van der Waals surface area contributed by atoms with Gasteiger partial charge in [-0.3, -0.25) is 9.59 Å². The van der Waals surface area contributed by atoms with Crippen LogP contribution in [0.5, 0.6) is 0 Å². The van der Waals surface area contributed by atoms with Gasteiger partial charge in [0.05, 0.1) is 18.0 Å². The van der Waals surface area contributed by atoms with Gasteiger partial charge in [0.25, 0.3) is 0 Å². The van der Waals surface area contributed by atoms with Gasteiger partial charge in [-0.1, -0.05) is 6.92 Å². The lowest BCUT2D eigenvalue weighted by atomic mass is 9.78. The number of tetrazole rings is 1. The standard InChI is InChI=1S/C21H31N9O6S2/c1-10-16-15(11(2)26-38(35,36)9-29-25-8-24-27-29)20(32)30(16)17(21(33)34)18(10)37-13-5-14(23-6-13)19(31)28-4-3-12(22)7-28/h8,10-16,23,26H,3-7,9,22H2,1-2H3,(H,33,34)/t10-,11-,12-,13?,14?,15-,16-/m1/s1. The molecule has 0 saturated carbocycles. The number of hydrogen-bond acceptors (Lipinski definition) is 11. The van der Waals surface area contributed by atoms with Gasteiger partial charge < -0.3 is 26.0 Å². The molecule has 3 saturated heterocycles. The Bertz CT molecular complexity index is 1260. The number of carbonyl (C=O) groups excluding carboxylic acids is 2. The highest BCUT2D eigenvalue weighted by Gasteiger charge is 2.60. The molecule has 0 aromatic carbocycles. The van der Waals surface area contributed by atoms with Crippen LogP contribution < -0.4 is 15.8 Å². The molecule has 0 bridgehead atoms. The minimum Gasteiger partial charge on any atom is -0.477 e. The Hall–Kier alpha value is -2.60. The number of likely N-dealkylation sites (tertiary alicyclic amines) is 1. The zero-order valence-corrected chi connectivity index (χ0v) is 22.6. The molecule has 0 spiro atoms. The smallest absolute Gasteiger partial charge is 0.353 e. The highest BCUT2D eigenvalue weighted by molar-refractivity contribution is 8.03. The van der Waals surface area contributed by atoms with E-state index in [1.165, 1.54) is 16.7 Å². The predicted molar refractivity (Wildman–Crippen MR) is 134 cm³/mol. The average Bonchev–Trinajstić information content (AvgIpc) is 3.62. The summed E-state index contributed by atoms with van der Waals surface area (Å²) in [5, 5.41) is 23.9. The van der Waals surface area contributed by atoms with E-state index in [0.29, 0.717) is 31.0 Å². The van der Waals surface area contributed by atoms with Gasteiger partial charge in [0.2, 0.25) is 21.8 Å². The van der Waals surface area contributed by atoms with Crippen molar-refractivity contribution in [3.8, 4) is 0 Å². The SMILES string of the molecule is C[C@@H](NS(=O)(=O)Cn1ncnn1)[C@H]1C(=O)N2C(C(=O)O)=C(SC3CNC(C(=O)N4CC[C@@H](N)C4)C3)[C@H](C)[C@H]12. The van der Waals surface area contributed by atoms with Gasteiger partial charge in [0, 0.05) is 47.8 Å². The number of carbonyl (C=O) groups is 3. The number of rotatable bonds is 9. The molecule has 1 aromatic heterocycles. The Morgan fingerprint density at radius 2 is 2.16 bits per heavy atom. The molecule has 38 heavy (non-hydrogen) atoms. The molecule has 5 rings (SSSR count). The Labute approximate surface area is 223 Å². The summed E-state index contributed by atoms with van der Waals surface area (Å²) < 4.78 is 27.7. The van der Waals surface area contributed by atoms with E-state index in [1.54, 1.807) is 11.8 Å². The van der Waals surface area contributed by atoms with Gasteiger partial charge in [0.1, 0.15) is 5.70 Å². The maximum Gasteiger partial charge on any atom is 0.353 e. The number of hydrogen-bond donors (Lipinski definition) is 4. The number of β-lactam (4-membered cyclic amide) rings is 1. The highest BCUT2D eigenvalue weighted by atomic mass is 32.2. The molecule has 17 heteroatoms. The number of amides is 2. The number of aliphatic carboxylic acids is 1. The van der Waals surface area contributed by atoms with Gasteiger partial charge in [-0.05, 0) is 25.0 Å². The topological polar surface area (TPSA) is 206 Å². The van der Waals surface area contributed by atoms with Crippen LogP contribution in [-0.4, -0.2) is 110 Å². The third-order valence-corrected chi connectivity index (χ3v) is 10.4. The van der Waals surface area contributed by atoms with Crippen molar-refractivity contribution < 1.29 is 27.9 Å². The largest absolute Gasteiger partial charge is 0.477 e. The summed E-state index contributed by atoms with van der Waals surface area (Å²) in [7, 11) is -3.89. The Morgan fingerprint density at radius 1 is 1.39 bits per heavy atom. The molecule has 5 N–H and O–H groups in total. The number of thioether (sulfide) groups is 1. The van der Waals surface area contributed by atoms with Crippen LogP contribution in [0.1, 0.15) is 26.7 Å². The van der Waals surface area contributed by atoms with E-state index in [-0.39, 0.29) is 34.9 Å². The number of aromatic nitrogens is 4. The van der Waals surface area contributed by atoms with Crippen LogP contribution in [0.3, 0.4) is 0 Å². The summed E-state index contributed by atoms with van der Waals surface area (Å²) in [5.41, 5.74) is 5.88. The predicted octanol–water partition coefficient (Wildman–Crippen LogP) is -2.27. The van der Waals surface area contributed by atoms with Crippen molar-refractivity contribution in [2.75, 3.05) is 19.6 Å². The highest BCUT2D eigenvalue weighted by Crippen LogP contribution is 2.52. The lowest BCUT2D eigenvalue weighted by Crippen LogP contribution is -2.66. The summed E-state index contributed by atoms with van der Waals surface area (Å²) in [6.45, 7) is 5.15. The second-order valence-corrected chi connectivity index (χ2v) is 13.3. The Morgan fingerprint density at radius 3 is 2.79 bits per heavy atom. The fourth-order valence-electron chi connectivity index (χ4n) is 5.86. The minimum atomic E-state index is -3.89. The van der Waals surface area contributed by atoms with Crippen molar-refractivity contribution in [2.24, 2.45) is 17.6 Å². The van der Waals surface area contributed by atoms with Crippen LogP contribution in [0.15, 0.2) is 16.9 Å². The molecule has 7 atom stereocenters. The van der Waals surface area contributed by atoms with Gasteiger partial charge >= 0.3 is 5.97 Å². The summed E-state index contributed by atoms with van der Waals surface area (Å²) >= 11 is 1.38. The summed E-state index contributed by atoms with van der Waals surface area (Å²) in [6.07, 6.45) is 2.43. The normalized spacial score (nSPS) is 32.0. The van der Waals surface area contributed by atoms with E-state index in [9.17, 15) is 27.9 Å². The number of fused-ring (bicyclic) bond motifs is 1. The first-order valence-corrected chi connectivity index (χ1v) is 15.0. The number of nitrogens with one attached hydrogen (secondary N) is 2. The van der Waals surface area contributed by atoms with Gasteiger partial charge in [-0.2, -0.15) is 0 Å². The zero-order valence-electron chi connectivity index (χ0n) is 20.9. The molecule has 1 aromatic rings.